The van der Waals surface area contributed by atoms with E-state index in [0.29, 0.717) is 22.7 Å². The molecule has 0 heterocycles. The van der Waals surface area contributed by atoms with Crippen LogP contribution in [-0.2, 0) is 0 Å². The van der Waals surface area contributed by atoms with Crippen molar-refractivity contribution >= 4 is 17.3 Å². The summed E-state index contributed by atoms with van der Waals surface area (Å²) in [6.45, 7) is 0. The lowest BCUT2D eigenvalue weighted by Crippen LogP contribution is -2.14. The fraction of sp³-hybridized carbons (Fsp3) is 0.125. The Morgan fingerprint density at radius 1 is 1.18 bits per heavy atom. The minimum absolute atomic E-state index is 0.264. The summed E-state index contributed by atoms with van der Waals surface area (Å²) in [5, 5.41) is 11.6. The average molecular weight is 297 g/mol. The minimum Gasteiger partial charge on any atom is -0.493 e. The molecule has 0 aliphatic heterocycles. The Bertz CT molecular complexity index is 751. The maximum Gasteiger partial charge on any atom is 0.257 e. The molecular weight excluding hydrogens is 282 g/mol. The summed E-state index contributed by atoms with van der Waals surface area (Å²) >= 11 is 0. The number of benzene rings is 2. The van der Waals surface area contributed by atoms with E-state index >= 15 is 0 Å². The molecule has 0 unspecified atom stereocenters. The average Bonchev–Trinajstić information content (AvgIpc) is 2.54. The number of rotatable bonds is 4. The first-order chi connectivity index (χ1) is 10.6. The van der Waals surface area contributed by atoms with E-state index in [4.69, 9.17) is 20.5 Å². The van der Waals surface area contributed by atoms with Gasteiger partial charge in [0.2, 0.25) is 0 Å². The molecule has 3 N–H and O–H groups in total. The molecule has 0 saturated heterocycles. The van der Waals surface area contributed by atoms with Crippen LogP contribution in [0.3, 0.4) is 0 Å². The highest BCUT2D eigenvalue weighted by molar-refractivity contribution is 6.08. The molecule has 0 aromatic heterocycles. The fourth-order valence-electron chi connectivity index (χ4n) is 1.96. The van der Waals surface area contributed by atoms with E-state index in [1.54, 1.807) is 24.3 Å². The van der Waals surface area contributed by atoms with Gasteiger partial charge in [0.05, 0.1) is 31.4 Å². The van der Waals surface area contributed by atoms with Crippen molar-refractivity contribution in [3.8, 4) is 17.6 Å². The van der Waals surface area contributed by atoms with Gasteiger partial charge < -0.3 is 20.5 Å². The van der Waals surface area contributed by atoms with Crippen LogP contribution in [-0.4, -0.2) is 20.1 Å². The maximum absolute atomic E-state index is 12.3. The van der Waals surface area contributed by atoms with Crippen LogP contribution < -0.4 is 20.5 Å². The zero-order chi connectivity index (χ0) is 16.1. The summed E-state index contributed by atoms with van der Waals surface area (Å²) in [5.74, 6) is 0.462. The number of carbonyl (C=O) groups excluding carboxylic acids is 1. The van der Waals surface area contributed by atoms with E-state index in [0.717, 1.165) is 0 Å². The van der Waals surface area contributed by atoms with E-state index < -0.39 is 5.91 Å². The number of amides is 1. The van der Waals surface area contributed by atoms with Gasteiger partial charge in [-0.2, -0.15) is 5.26 Å². The summed E-state index contributed by atoms with van der Waals surface area (Å²) in [6.07, 6.45) is 0. The lowest BCUT2D eigenvalue weighted by Gasteiger charge is -2.12. The normalized spacial score (nSPS) is 9.68. The van der Waals surface area contributed by atoms with Crippen LogP contribution in [0.1, 0.15) is 15.9 Å². The van der Waals surface area contributed by atoms with Crippen LogP contribution in [0.2, 0.25) is 0 Å². The number of anilines is 2. The molecule has 6 heteroatoms. The molecule has 1 amide bonds. The van der Waals surface area contributed by atoms with Crippen LogP contribution in [0.15, 0.2) is 36.4 Å². The number of nitrogen functional groups attached to an aromatic ring is 1. The third-order valence-electron chi connectivity index (χ3n) is 3.05. The standard InChI is InChI=1S/C16H15N3O3/c1-21-14-7-12(13(18)8-15(14)22-2)16(20)19-11-5-3-4-10(6-11)9-17/h3-8H,18H2,1-2H3,(H,19,20). The minimum atomic E-state index is -0.395. The van der Waals surface area contributed by atoms with Gasteiger partial charge in [0, 0.05) is 17.4 Å². The van der Waals surface area contributed by atoms with Gasteiger partial charge in [0.15, 0.2) is 11.5 Å². The van der Waals surface area contributed by atoms with Gasteiger partial charge in [0.25, 0.3) is 5.91 Å². The highest BCUT2D eigenvalue weighted by Gasteiger charge is 2.15. The summed E-state index contributed by atoms with van der Waals surface area (Å²) in [4.78, 5) is 12.3. The Morgan fingerprint density at radius 2 is 1.86 bits per heavy atom. The van der Waals surface area contributed by atoms with Gasteiger partial charge in [-0.1, -0.05) is 6.07 Å². The topological polar surface area (TPSA) is 97.4 Å². The number of hydrogen-bond donors (Lipinski definition) is 2. The van der Waals surface area contributed by atoms with Crippen molar-refractivity contribution < 1.29 is 14.3 Å². The molecule has 2 aromatic rings. The highest BCUT2D eigenvalue weighted by Crippen LogP contribution is 2.32. The molecule has 0 aliphatic carbocycles. The number of ether oxygens (including phenoxy) is 2. The van der Waals surface area contributed by atoms with E-state index in [1.807, 2.05) is 6.07 Å². The third-order valence-corrected chi connectivity index (χ3v) is 3.05. The zero-order valence-corrected chi connectivity index (χ0v) is 12.2. The van der Waals surface area contributed by atoms with Crippen LogP contribution in [0, 0.1) is 11.3 Å². The zero-order valence-electron chi connectivity index (χ0n) is 12.2. The Morgan fingerprint density at radius 3 is 2.50 bits per heavy atom. The van der Waals surface area contributed by atoms with Crippen molar-refractivity contribution in [3.63, 3.8) is 0 Å². The van der Waals surface area contributed by atoms with Crippen molar-refractivity contribution in [2.45, 2.75) is 0 Å². The molecule has 2 rings (SSSR count). The molecule has 22 heavy (non-hydrogen) atoms. The number of hydrogen-bond acceptors (Lipinski definition) is 5. The Labute approximate surface area is 128 Å². The summed E-state index contributed by atoms with van der Waals surface area (Å²) < 4.78 is 10.3. The lowest BCUT2D eigenvalue weighted by molar-refractivity contribution is 0.102. The molecule has 0 bridgehead atoms. The van der Waals surface area contributed by atoms with Crippen LogP contribution >= 0.6 is 0 Å². The number of nitrogens with one attached hydrogen (secondary N) is 1. The van der Waals surface area contributed by atoms with Crippen molar-refractivity contribution in [1.29, 1.82) is 5.26 Å². The monoisotopic (exact) mass is 297 g/mol. The molecule has 0 aliphatic rings. The van der Waals surface area contributed by atoms with Gasteiger partial charge in [-0.3, -0.25) is 4.79 Å². The number of nitriles is 1. The second-order valence-electron chi connectivity index (χ2n) is 4.44. The largest absolute Gasteiger partial charge is 0.493 e. The van der Waals surface area contributed by atoms with Crippen molar-refractivity contribution in [1.82, 2.24) is 0 Å². The quantitative estimate of drug-likeness (QED) is 0.844. The molecule has 0 spiro atoms. The summed E-state index contributed by atoms with van der Waals surface area (Å²) in [5.41, 5.74) is 7.39. The van der Waals surface area contributed by atoms with E-state index in [2.05, 4.69) is 5.32 Å². The SMILES string of the molecule is COc1cc(N)c(C(=O)Nc2cccc(C#N)c2)cc1OC. The lowest BCUT2D eigenvalue weighted by atomic mass is 10.1. The Kier molecular flexibility index (Phi) is 4.49. The fourth-order valence-corrected chi connectivity index (χ4v) is 1.96. The Balaban J connectivity index is 2.31. The van der Waals surface area contributed by atoms with Gasteiger partial charge >= 0.3 is 0 Å². The van der Waals surface area contributed by atoms with Crippen LogP contribution in [0.25, 0.3) is 0 Å². The van der Waals surface area contributed by atoms with Gasteiger partial charge in [0.1, 0.15) is 0 Å². The second kappa shape index (κ2) is 6.50. The Hall–Kier alpha value is -3.20. The summed E-state index contributed by atoms with van der Waals surface area (Å²) in [7, 11) is 2.97. The molecule has 0 radical (unpaired) electrons. The first kappa shape index (κ1) is 15.2. The molecule has 0 fully saturated rings. The first-order valence-corrected chi connectivity index (χ1v) is 6.42. The van der Waals surface area contributed by atoms with Crippen molar-refractivity contribution in [2.24, 2.45) is 0 Å². The molecule has 6 nitrogen and oxygen atoms in total. The van der Waals surface area contributed by atoms with E-state index in [1.165, 1.54) is 26.4 Å². The van der Waals surface area contributed by atoms with Gasteiger partial charge in [-0.05, 0) is 24.3 Å². The molecule has 112 valence electrons. The smallest absolute Gasteiger partial charge is 0.257 e. The predicted molar refractivity (Wildman–Crippen MR) is 83.1 cm³/mol. The number of methoxy groups -OCH3 is 2. The molecular formula is C16H15N3O3. The van der Waals surface area contributed by atoms with Crippen LogP contribution in [0.5, 0.6) is 11.5 Å². The van der Waals surface area contributed by atoms with Gasteiger partial charge in [-0.15, -0.1) is 0 Å². The second-order valence-corrected chi connectivity index (χ2v) is 4.44. The van der Waals surface area contributed by atoms with E-state index in [-0.39, 0.29) is 11.3 Å². The van der Waals surface area contributed by atoms with Crippen molar-refractivity contribution in [2.75, 3.05) is 25.3 Å². The third kappa shape index (κ3) is 3.10. The first-order valence-electron chi connectivity index (χ1n) is 6.42. The van der Waals surface area contributed by atoms with E-state index in [9.17, 15) is 4.79 Å². The molecule has 0 saturated carbocycles. The predicted octanol–water partition coefficient (Wildman–Crippen LogP) is 2.41. The molecule has 0 atom stereocenters. The number of nitrogens with zero attached hydrogens (tertiary/aromatic N) is 1. The summed E-state index contributed by atoms with van der Waals surface area (Å²) in [6, 6.07) is 11.7. The highest BCUT2D eigenvalue weighted by atomic mass is 16.5. The number of nitrogens with two attached hydrogens (primary N) is 1. The van der Waals surface area contributed by atoms with Gasteiger partial charge in [-0.25, -0.2) is 0 Å². The van der Waals surface area contributed by atoms with Crippen LogP contribution in [0.4, 0.5) is 11.4 Å². The van der Waals surface area contributed by atoms with Crippen molar-refractivity contribution in [3.05, 3.63) is 47.5 Å². The maximum atomic E-state index is 12.3. The number of carbonyl (C=O) groups is 1. The molecule has 2 aromatic carbocycles.